The fraction of sp³-hybridized carbons (Fsp3) is 0.462. The number of benzene rings is 2. The van der Waals surface area contributed by atoms with Crippen LogP contribution in [-0.2, 0) is 26.2 Å². The van der Waals surface area contributed by atoms with Gasteiger partial charge in [0.2, 0.25) is 21.8 Å². The monoisotopic (exact) mass is 535 g/mol. The normalized spacial score (nSPS) is 11.8. The predicted octanol–water partition coefficient (Wildman–Crippen LogP) is 2.81. The lowest BCUT2D eigenvalue weighted by atomic mass is 10.1. The standard InChI is InChI=1S/C26H37N3O7S/c1-7-15-27-26(31)22(8-2)28(17-19-9-11-20(34-3)12-10-19)25(30)18-29(37(6,32)33)23-14-13-21(35-4)16-24(23)36-5/h9-14,16,22H,7-8,15,17-18H2,1-6H3,(H,27,31). The maximum Gasteiger partial charge on any atom is 0.244 e. The summed E-state index contributed by atoms with van der Waals surface area (Å²) in [6, 6.07) is 11.0. The lowest BCUT2D eigenvalue weighted by Crippen LogP contribution is -2.52. The minimum atomic E-state index is -3.90. The van der Waals surface area contributed by atoms with Crippen LogP contribution in [0, 0.1) is 0 Å². The molecule has 0 heterocycles. The molecule has 1 N–H and O–H groups in total. The van der Waals surface area contributed by atoms with Crippen molar-refractivity contribution >= 4 is 27.5 Å². The fourth-order valence-electron chi connectivity index (χ4n) is 3.80. The van der Waals surface area contributed by atoms with Crippen LogP contribution in [0.4, 0.5) is 5.69 Å². The number of anilines is 1. The van der Waals surface area contributed by atoms with Gasteiger partial charge >= 0.3 is 0 Å². The van der Waals surface area contributed by atoms with E-state index < -0.39 is 28.5 Å². The molecule has 10 nitrogen and oxygen atoms in total. The van der Waals surface area contributed by atoms with E-state index in [1.54, 1.807) is 43.5 Å². The van der Waals surface area contributed by atoms with E-state index in [1.165, 1.54) is 25.2 Å². The second kappa shape index (κ2) is 13.7. The molecule has 204 valence electrons. The molecular weight excluding hydrogens is 498 g/mol. The maximum atomic E-state index is 13.8. The van der Waals surface area contributed by atoms with Crippen molar-refractivity contribution in [2.45, 2.75) is 39.3 Å². The van der Waals surface area contributed by atoms with Crippen LogP contribution < -0.4 is 23.8 Å². The van der Waals surface area contributed by atoms with Gasteiger partial charge in [-0.3, -0.25) is 13.9 Å². The van der Waals surface area contributed by atoms with Crippen LogP contribution in [0.15, 0.2) is 42.5 Å². The zero-order valence-corrected chi connectivity index (χ0v) is 23.1. The van der Waals surface area contributed by atoms with Gasteiger partial charge in [-0.2, -0.15) is 0 Å². The van der Waals surface area contributed by atoms with E-state index in [0.29, 0.717) is 24.5 Å². The minimum absolute atomic E-state index is 0.109. The lowest BCUT2D eigenvalue weighted by molar-refractivity contribution is -0.140. The highest BCUT2D eigenvalue weighted by molar-refractivity contribution is 7.92. The van der Waals surface area contributed by atoms with Crippen LogP contribution in [0.5, 0.6) is 17.2 Å². The summed E-state index contributed by atoms with van der Waals surface area (Å²) >= 11 is 0. The molecule has 37 heavy (non-hydrogen) atoms. The molecule has 2 aromatic rings. The average molecular weight is 536 g/mol. The Hall–Kier alpha value is -3.47. The molecule has 0 aliphatic heterocycles. The Balaban J connectivity index is 2.48. The number of amides is 2. The average Bonchev–Trinajstić information content (AvgIpc) is 2.89. The van der Waals surface area contributed by atoms with Crippen molar-refractivity contribution in [3.63, 3.8) is 0 Å². The third-order valence-corrected chi connectivity index (χ3v) is 6.91. The number of hydrogen-bond donors (Lipinski definition) is 1. The largest absolute Gasteiger partial charge is 0.497 e. The van der Waals surface area contributed by atoms with Crippen molar-refractivity contribution in [1.29, 1.82) is 0 Å². The molecule has 2 rings (SSSR count). The second-order valence-electron chi connectivity index (χ2n) is 8.39. The second-order valence-corrected chi connectivity index (χ2v) is 10.3. The Morgan fingerprint density at radius 2 is 1.57 bits per heavy atom. The molecule has 0 saturated heterocycles. The van der Waals surface area contributed by atoms with Gasteiger partial charge in [0.1, 0.15) is 29.8 Å². The van der Waals surface area contributed by atoms with Crippen molar-refractivity contribution in [3.8, 4) is 17.2 Å². The summed E-state index contributed by atoms with van der Waals surface area (Å²) in [4.78, 5) is 28.2. The van der Waals surface area contributed by atoms with Crippen LogP contribution in [0.3, 0.4) is 0 Å². The van der Waals surface area contributed by atoms with Gasteiger partial charge in [-0.25, -0.2) is 8.42 Å². The minimum Gasteiger partial charge on any atom is -0.497 e. The van der Waals surface area contributed by atoms with Crippen LogP contribution in [0.25, 0.3) is 0 Å². The summed E-state index contributed by atoms with van der Waals surface area (Å²) in [7, 11) is 0.548. The zero-order valence-electron chi connectivity index (χ0n) is 22.3. The molecule has 0 fully saturated rings. The first-order valence-corrected chi connectivity index (χ1v) is 13.8. The third kappa shape index (κ3) is 8.01. The van der Waals surface area contributed by atoms with E-state index in [9.17, 15) is 18.0 Å². The molecule has 0 aromatic heterocycles. The van der Waals surface area contributed by atoms with E-state index in [1.807, 2.05) is 13.8 Å². The van der Waals surface area contributed by atoms with Crippen LogP contribution in [0.1, 0.15) is 32.3 Å². The van der Waals surface area contributed by atoms with Crippen molar-refractivity contribution < 1.29 is 32.2 Å². The van der Waals surface area contributed by atoms with Gasteiger partial charge in [0, 0.05) is 19.2 Å². The molecule has 2 aromatic carbocycles. The summed E-state index contributed by atoms with van der Waals surface area (Å²) in [5.74, 6) is 0.535. The SMILES string of the molecule is CCCNC(=O)C(CC)N(Cc1ccc(OC)cc1)C(=O)CN(c1ccc(OC)cc1OC)S(C)(=O)=O. The molecule has 2 amide bonds. The van der Waals surface area contributed by atoms with Gasteiger partial charge in [-0.05, 0) is 42.7 Å². The van der Waals surface area contributed by atoms with E-state index in [2.05, 4.69) is 5.32 Å². The van der Waals surface area contributed by atoms with E-state index in [-0.39, 0.29) is 23.9 Å². The maximum absolute atomic E-state index is 13.8. The molecular formula is C26H37N3O7S. The summed E-state index contributed by atoms with van der Waals surface area (Å²) in [5, 5.41) is 2.85. The number of nitrogens with one attached hydrogen (secondary N) is 1. The molecule has 0 spiro atoms. The van der Waals surface area contributed by atoms with Crippen molar-refractivity contribution in [1.82, 2.24) is 10.2 Å². The van der Waals surface area contributed by atoms with E-state index in [4.69, 9.17) is 14.2 Å². The first kappa shape index (κ1) is 29.8. The molecule has 0 aliphatic rings. The molecule has 1 atom stereocenters. The van der Waals surface area contributed by atoms with Gasteiger partial charge < -0.3 is 24.4 Å². The first-order chi connectivity index (χ1) is 17.6. The number of methoxy groups -OCH3 is 3. The van der Waals surface area contributed by atoms with Gasteiger partial charge in [0.25, 0.3) is 0 Å². The van der Waals surface area contributed by atoms with E-state index >= 15 is 0 Å². The summed E-state index contributed by atoms with van der Waals surface area (Å²) in [5.41, 5.74) is 0.954. The molecule has 11 heteroatoms. The van der Waals surface area contributed by atoms with E-state index in [0.717, 1.165) is 22.5 Å². The number of ether oxygens (including phenoxy) is 3. The van der Waals surface area contributed by atoms with Crippen molar-refractivity contribution in [2.24, 2.45) is 0 Å². The third-order valence-electron chi connectivity index (χ3n) is 5.78. The Kier molecular flexibility index (Phi) is 11.0. The number of carbonyl (C=O) groups is 2. The lowest BCUT2D eigenvalue weighted by Gasteiger charge is -2.33. The fourth-order valence-corrected chi connectivity index (χ4v) is 4.65. The molecule has 0 radical (unpaired) electrons. The van der Waals surface area contributed by atoms with Crippen LogP contribution in [-0.4, -0.2) is 71.8 Å². The number of rotatable bonds is 14. The van der Waals surface area contributed by atoms with Gasteiger partial charge in [0.05, 0.1) is 33.3 Å². The van der Waals surface area contributed by atoms with Gasteiger partial charge in [-0.15, -0.1) is 0 Å². The highest BCUT2D eigenvalue weighted by Crippen LogP contribution is 2.33. The van der Waals surface area contributed by atoms with Crippen molar-refractivity contribution in [3.05, 3.63) is 48.0 Å². The number of carbonyl (C=O) groups excluding carboxylic acids is 2. The summed E-state index contributed by atoms with van der Waals surface area (Å²) in [6.45, 7) is 3.81. The predicted molar refractivity (Wildman–Crippen MR) is 143 cm³/mol. The Morgan fingerprint density at radius 3 is 2.08 bits per heavy atom. The summed E-state index contributed by atoms with van der Waals surface area (Å²) in [6.07, 6.45) is 2.11. The molecule has 0 aliphatic carbocycles. The number of sulfonamides is 1. The molecule has 1 unspecified atom stereocenters. The Labute approximate surface area is 219 Å². The number of nitrogens with zero attached hydrogens (tertiary/aromatic N) is 2. The Morgan fingerprint density at radius 1 is 0.946 bits per heavy atom. The van der Waals surface area contributed by atoms with Crippen LogP contribution in [0.2, 0.25) is 0 Å². The highest BCUT2D eigenvalue weighted by atomic mass is 32.2. The van der Waals surface area contributed by atoms with Crippen LogP contribution >= 0.6 is 0 Å². The quantitative estimate of drug-likeness (QED) is 0.396. The highest BCUT2D eigenvalue weighted by Gasteiger charge is 2.32. The van der Waals surface area contributed by atoms with Crippen molar-refractivity contribution in [2.75, 3.05) is 45.0 Å². The van der Waals surface area contributed by atoms with Gasteiger partial charge in [-0.1, -0.05) is 26.0 Å². The number of hydrogen-bond acceptors (Lipinski definition) is 7. The summed E-state index contributed by atoms with van der Waals surface area (Å²) < 4.78 is 42.4. The molecule has 0 bridgehead atoms. The van der Waals surface area contributed by atoms with Gasteiger partial charge in [0.15, 0.2) is 0 Å². The zero-order chi connectivity index (χ0) is 27.6. The first-order valence-electron chi connectivity index (χ1n) is 12.0. The molecule has 0 saturated carbocycles. The smallest absolute Gasteiger partial charge is 0.244 e. The topological polar surface area (TPSA) is 114 Å². The Bertz CT molecular complexity index is 1150.